The van der Waals surface area contributed by atoms with E-state index in [4.69, 9.17) is 5.41 Å². The number of hydrogen-bond acceptors (Lipinski definition) is 1. The third-order valence-corrected chi connectivity index (χ3v) is 6.20. The molecule has 2 aromatic rings. The molecule has 2 aliphatic carbocycles. The monoisotopic (exact) mass is 329 g/mol. The molecule has 2 atom stereocenters. The Kier molecular flexibility index (Phi) is 4.33. The highest BCUT2D eigenvalue weighted by molar-refractivity contribution is 6.00. The van der Waals surface area contributed by atoms with E-state index >= 15 is 0 Å². The van der Waals surface area contributed by atoms with Crippen molar-refractivity contribution in [3.05, 3.63) is 70.3 Å². The average Bonchev–Trinajstić information content (AvgIpc) is 2.98. The number of fused-ring (bicyclic) bond motifs is 1. The van der Waals surface area contributed by atoms with Crippen LogP contribution in [0.3, 0.4) is 0 Å². The van der Waals surface area contributed by atoms with Gasteiger partial charge in [0.25, 0.3) is 0 Å². The van der Waals surface area contributed by atoms with Crippen LogP contribution in [0, 0.1) is 11.3 Å². The molecule has 0 bridgehead atoms. The summed E-state index contributed by atoms with van der Waals surface area (Å²) in [7, 11) is 0. The van der Waals surface area contributed by atoms with Crippen LogP contribution in [-0.4, -0.2) is 6.21 Å². The number of rotatable bonds is 3. The molecule has 1 fully saturated rings. The summed E-state index contributed by atoms with van der Waals surface area (Å²) in [5.74, 6) is 1.20. The minimum atomic E-state index is 0.555. The van der Waals surface area contributed by atoms with Gasteiger partial charge in [0.15, 0.2) is 0 Å². The van der Waals surface area contributed by atoms with Gasteiger partial charge in [-0.15, -0.1) is 0 Å². The third-order valence-electron chi connectivity index (χ3n) is 6.20. The fourth-order valence-electron chi connectivity index (χ4n) is 5.09. The Morgan fingerprint density at radius 3 is 2.44 bits per heavy atom. The molecule has 0 saturated heterocycles. The Morgan fingerprint density at radius 1 is 0.960 bits per heavy atom. The predicted molar refractivity (Wildman–Crippen MR) is 108 cm³/mol. The Labute approximate surface area is 151 Å². The second-order valence-corrected chi connectivity index (χ2v) is 7.81. The number of allylic oxidation sites excluding steroid dienone is 4. The summed E-state index contributed by atoms with van der Waals surface area (Å²) >= 11 is 0. The van der Waals surface area contributed by atoms with E-state index in [0.29, 0.717) is 11.8 Å². The van der Waals surface area contributed by atoms with Crippen LogP contribution in [0.1, 0.15) is 63.0 Å². The van der Waals surface area contributed by atoms with Crippen LogP contribution < -0.4 is 0 Å². The highest BCUT2D eigenvalue weighted by Gasteiger charge is 2.32. The van der Waals surface area contributed by atoms with Gasteiger partial charge in [0, 0.05) is 11.8 Å². The lowest BCUT2D eigenvalue weighted by atomic mass is 9.69. The summed E-state index contributed by atoms with van der Waals surface area (Å²) in [5, 5.41) is 10.6. The van der Waals surface area contributed by atoms with Crippen molar-refractivity contribution in [2.75, 3.05) is 0 Å². The summed E-state index contributed by atoms with van der Waals surface area (Å²) in [6, 6.07) is 13.1. The molecule has 1 N–H and O–H groups in total. The van der Waals surface area contributed by atoms with Gasteiger partial charge in [0.05, 0.1) is 0 Å². The Balaban J connectivity index is 1.80. The molecule has 0 spiro atoms. The van der Waals surface area contributed by atoms with Crippen molar-refractivity contribution in [3.8, 4) is 0 Å². The van der Waals surface area contributed by atoms with E-state index in [-0.39, 0.29) is 0 Å². The number of nitrogens with one attached hydrogen (secondary N) is 1. The van der Waals surface area contributed by atoms with Crippen LogP contribution in [-0.2, 0) is 0 Å². The standard InChI is InChI=1S/C24H27N/c1-16-13-17(2)23(14-16)21-10-6-5-9-20(21)22-12-11-18-7-3-4-8-19(18)24(22)15-25/h3-4,7-8,11-13,15,20-21,25H,5-6,9-10,14H2,1-2H3. The van der Waals surface area contributed by atoms with Gasteiger partial charge in [-0.25, -0.2) is 0 Å². The van der Waals surface area contributed by atoms with Crippen molar-refractivity contribution in [1.29, 1.82) is 5.41 Å². The molecule has 0 radical (unpaired) electrons. The van der Waals surface area contributed by atoms with Gasteiger partial charge in [0.2, 0.25) is 0 Å². The molecule has 2 aliphatic rings. The van der Waals surface area contributed by atoms with E-state index in [1.165, 1.54) is 53.2 Å². The SMILES string of the molecule is CC1=CC(C)=C(C2CCCCC2c2ccc3ccccc3c2C=N)C1. The van der Waals surface area contributed by atoms with Gasteiger partial charge in [-0.1, -0.05) is 72.0 Å². The molecule has 0 heterocycles. The van der Waals surface area contributed by atoms with Crippen LogP contribution in [0.4, 0.5) is 0 Å². The second-order valence-electron chi connectivity index (χ2n) is 7.81. The molecule has 2 unspecified atom stereocenters. The second kappa shape index (κ2) is 6.63. The summed E-state index contributed by atoms with van der Waals surface area (Å²) in [4.78, 5) is 0. The van der Waals surface area contributed by atoms with E-state index in [1.54, 1.807) is 11.8 Å². The highest BCUT2D eigenvalue weighted by Crippen LogP contribution is 2.47. The van der Waals surface area contributed by atoms with Crippen molar-refractivity contribution >= 4 is 17.0 Å². The largest absolute Gasteiger partial charge is 0.308 e. The van der Waals surface area contributed by atoms with E-state index < -0.39 is 0 Å². The average molecular weight is 329 g/mol. The quantitative estimate of drug-likeness (QED) is 0.600. The van der Waals surface area contributed by atoms with Crippen molar-refractivity contribution in [2.45, 2.75) is 51.9 Å². The maximum Gasteiger partial charge on any atom is 0.0259 e. The van der Waals surface area contributed by atoms with Crippen LogP contribution in [0.25, 0.3) is 10.8 Å². The number of benzene rings is 2. The lowest BCUT2D eigenvalue weighted by Crippen LogP contribution is -2.21. The topological polar surface area (TPSA) is 23.9 Å². The smallest absolute Gasteiger partial charge is 0.0259 e. The maximum atomic E-state index is 8.08. The molecule has 1 saturated carbocycles. The Hall–Kier alpha value is -2.15. The van der Waals surface area contributed by atoms with Crippen molar-refractivity contribution in [2.24, 2.45) is 5.92 Å². The number of hydrogen-bond donors (Lipinski definition) is 1. The summed E-state index contributed by atoms with van der Waals surface area (Å²) in [6.07, 6.45) is 10.3. The van der Waals surface area contributed by atoms with E-state index in [1.807, 2.05) is 0 Å². The molecule has 128 valence electrons. The van der Waals surface area contributed by atoms with Gasteiger partial charge in [0.1, 0.15) is 0 Å². The van der Waals surface area contributed by atoms with Crippen LogP contribution in [0.2, 0.25) is 0 Å². The predicted octanol–water partition coefficient (Wildman–Crippen LogP) is 6.78. The molecule has 1 nitrogen and oxygen atoms in total. The first-order valence-corrected chi connectivity index (χ1v) is 9.58. The van der Waals surface area contributed by atoms with Gasteiger partial charge >= 0.3 is 0 Å². The molecule has 25 heavy (non-hydrogen) atoms. The van der Waals surface area contributed by atoms with Crippen LogP contribution >= 0.6 is 0 Å². The lowest BCUT2D eigenvalue weighted by Gasteiger charge is -2.35. The Morgan fingerprint density at radius 2 is 1.72 bits per heavy atom. The van der Waals surface area contributed by atoms with Gasteiger partial charge < -0.3 is 5.41 Å². The first kappa shape index (κ1) is 16.3. The Bertz CT molecular complexity index is 884. The third kappa shape index (κ3) is 2.86. The molecule has 0 amide bonds. The van der Waals surface area contributed by atoms with Crippen LogP contribution in [0.15, 0.2) is 59.2 Å². The zero-order chi connectivity index (χ0) is 17.4. The minimum absolute atomic E-state index is 0.555. The zero-order valence-corrected chi connectivity index (χ0v) is 15.3. The maximum absolute atomic E-state index is 8.08. The van der Waals surface area contributed by atoms with Crippen molar-refractivity contribution in [3.63, 3.8) is 0 Å². The van der Waals surface area contributed by atoms with Crippen molar-refractivity contribution in [1.82, 2.24) is 0 Å². The van der Waals surface area contributed by atoms with Crippen molar-refractivity contribution < 1.29 is 0 Å². The molecule has 1 heteroatoms. The molecule has 2 aromatic carbocycles. The summed E-state index contributed by atoms with van der Waals surface area (Å²) in [5.41, 5.74) is 7.18. The first-order valence-electron chi connectivity index (χ1n) is 9.58. The molecule has 0 aromatic heterocycles. The lowest BCUT2D eigenvalue weighted by molar-refractivity contribution is 0.343. The molecular weight excluding hydrogens is 302 g/mol. The normalized spacial score (nSPS) is 23.8. The van der Waals surface area contributed by atoms with Gasteiger partial charge in [-0.2, -0.15) is 0 Å². The van der Waals surface area contributed by atoms with E-state index in [2.05, 4.69) is 56.3 Å². The molecule has 0 aliphatic heterocycles. The van der Waals surface area contributed by atoms with Gasteiger partial charge in [-0.3, -0.25) is 0 Å². The minimum Gasteiger partial charge on any atom is -0.308 e. The first-order chi connectivity index (χ1) is 12.2. The summed E-state index contributed by atoms with van der Waals surface area (Å²) in [6.45, 7) is 4.54. The van der Waals surface area contributed by atoms with E-state index in [0.717, 1.165) is 12.0 Å². The molecular formula is C24H27N. The van der Waals surface area contributed by atoms with Gasteiger partial charge in [-0.05, 0) is 61.3 Å². The van der Waals surface area contributed by atoms with Crippen LogP contribution in [0.5, 0.6) is 0 Å². The summed E-state index contributed by atoms with van der Waals surface area (Å²) < 4.78 is 0. The zero-order valence-electron chi connectivity index (χ0n) is 15.3. The fourth-order valence-corrected chi connectivity index (χ4v) is 5.09. The fraction of sp³-hybridized carbons (Fsp3) is 0.375. The van der Waals surface area contributed by atoms with E-state index in [9.17, 15) is 0 Å². The molecule has 4 rings (SSSR count). The highest BCUT2D eigenvalue weighted by atomic mass is 14.4.